The van der Waals surface area contributed by atoms with Crippen molar-refractivity contribution in [2.45, 2.75) is 13.8 Å². The van der Waals surface area contributed by atoms with Crippen LogP contribution >= 0.6 is 0 Å². The van der Waals surface area contributed by atoms with Gasteiger partial charge in [-0.3, -0.25) is 0 Å². The first kappa shape index (κ1) is 14.1. The van der Waals surface area contributed by atoms with Gasteiger partial charge in [-0.2, -0.15) is 0 Å². The van der Waals surface area contributed by atoms with Crippen LogP contribution in [0.5, 0.6) is 11.5 Å². The summed E-state index contributed by atoms with van der Waals surface area (Å²) in [5.41, 5.74) is 2.63. The van der Waals surface area contributed by atoms with E-state index in [-0.39, 0.29) is 0 Å². The topological polar surface area (TPSA) is 40.0 Å². The fourth-order valence-electron chi connectivity index (χ4n) is 1.77. The lowest BCUT2D eigenvalue weighted by atomic mass is 10.0. The summed E-state index contributed by atoms with van der Waals surface area (Å²) in [6.07, 6.45) is 3.94. The Morgan fingerprint density at radius 1 is 1.17 bits per heavy atom. The zero-order valence-corrected chi connectivity index (χ0v) is 11.5. The van der Waals surface area contributed by atoms with Gasteiger partial charge in [-0.15, -0.1) is 0 Å². The highest BCUT2D eigenvalue weighted by Crippen LogP contribution is 2.30. The molecular formula is C14H19NO3. The van der Waals surface area contributed by atoms with E-state index < -0.39 is 0 Å². The third kappa shape index (κ3) is 3.03. The number of rotatable bonds is 5. The predicted octanol–water partition coefficient (Wildman–Crippen LogP) is 3.11. The first-order chi connectivity index (χ1) is 8.67. The summed E-state index contributed by atoms with van der Waals surface area (Å²) < 4.78 is 10.6. The Morgan fingerprint density at radius 3 is 2.39 bits per heavy atom. The van der Waals surface area contributed by atoms with Crippen LogP contribution in [0, 0.1) is 0 Å². The first-order valence-electron chi connectivity index (χ1n) is 5.64. The minimum Gasteiger partial charge on any atom is -0.497 e. The fourth-order valence-corrected chi connectivity index (χ4v) is 1.77. The molecular weight excluding hydrogens is 230 g/mol. The molecule has 0 bridgehead atoms. The highest BCUT2D eigenvalue weighted by molar-refractivity contribution is 6.04. The Morgan fingerprint density at radius 2 is 1.89 bits per heavy atom. The molecule has 0 N–H and O–H groups in total. The van der Waals surface area contributed by atoms with E-state index in [2.05, 4.69) is 5.16 Å². The Balaban J connectivity index is 3.48. The summed E-state index contributed by atoms with van der Waals surface area (Å²) in [5, 5.41) is 3.96. The van der Waals surface area contributed by atoms with Crippen LogP contribution in [-0.4, -0.2) is 27.0 Å². The van der Waals surface area contributed by atoms with Gasteiger partial charge in [0.1, 0.15) is 18.6 Å². The van der Waals surface area contributed by atoms with E-state index in [1.54, 1.807) is 14.2 Å². The van der Waals surface area contributed by atoms with Crippen LogP contribution in [-0.2, 0) is 4.84 Å². The molecule has 1 aromatic rings. The van der Waals surface area contributed by atoms with Crippen molar-refractivity contribution in [3.8, 4) is 11.5 Å². The van der Waals surface area contributed by atoms with Gasteiger partial charge in [-0.05, 0) is 25.5 Å². The van der Waals surface area contributed by atoms with Crippen LogP contribution in [0.1, 0.15) is 25.0 Å². The van der Waals surface area contributed by atoms with Gasteiger partial charge in [0.15, 0.2) is 0 Å². The molecule has 0 fully saturated rings. The molecule has 0 aromatic heterocycles. The van der Waals surface area contributed by atoms with Crippen LogP contribution in [0.4, 0.5) is 0 Å². The normalized spacial score (nSPS) is 11.7. The van der Waals surface area contributed by atoms with Gasteiger partial charge in [0.05, 0.1) is 19.9 Å². The molecule has 0 atom stereocenters. The van der Waals surface area contributed by atoms with Crippen LogP contribution in [0.25, 0.3) is 6.08 Å². The molecule has 0 saturated heterocycles. The molecule has 1 rings (SSSR count). The van der Waals surface area contributed by atoms with Gasteiger partial charge in [0, 0.05) is 11.6 Å². The van der Waals surface area contributed by atoms with Crippen molar-refractivity contribution < 1.29 is 14.3 Å². The molecule has 4 heteroatoms. The number of hydrogen-bond donors (Lipinski definition) is 0. The number of nitrogens with zero attached hydrogens (tertiary/aromatic N) is 1. The Labute approximate surface area is 108 Å². The van der Waals surface area contributed by atoms with Crippen molar-refractivity contribution in [1.82, 2.24) is 0 Å². The molecule has 0 saturated carbocycles. The van der Waals surface area contributed by atoms with Crippen LogP contribution in [0.15, 0.2) is 23.4 Å². The molecule has 0 spiro atoms. The average molecular weight is 249 g/mol. The SMILES string of the molecule is CC=Cc1cc(OC)cc(OC)c1/C(C)=N/OC. The number of allylic oxidation sites excluding steroid dienone is 1. The zero-order chi connectivity index (χ0) is 13.5. The van der Waals surface area contributed by atoms with Crippen molar-refractivity contribution >= 4 is 11.8 Å². The molecule has 0 aliphatic carbocycles. The predicted molar refractivity (Wildman–Crippen MR) is 73.5 cm³/mol. The summed E-state index contributed by atoms with van der Waals surface area (Å²) in [4.78, 5) is 4.82. The highest BCUT2D eigenvalue weighted by Gasteiger charge is 2.13. The van der Waals surface area contributed by atoms with Crippen molar-refractivity contribution in [1.29, 1.82) is 0 Å². The van der Waals surface area contributed by atoms with Crippen molar-refractivity contribution in [3.05, 3.63) is 29.3 Å². The van der Waals surface area contributed by atoms with Crippen molar-refractivity contribution in [3.63, 3.8) is 0 Å². The van der Waals surface area contributed by atoms with E-state index in [1.165, 1.54) is 7.11 Å². The van der Waals surface area contributed by atoms with Gasteiger partial charge in [0.25, 0.3) is 0 Å². The molecule has 4 nitrogen and oxygen atoms in total. The average Bonchev–Trinajstić information content (AvgIpc) is 2.38. The van der Waals surface area contributed by atoms with Crippen molar-refractivity contribution in [2.75, 3.05) is 21.3 Å². The molecule has 0 unspecified atom stereocenters. The lowest BCUT2D eigenvalue weighted by Gasteiger charge is -2.13. The number of ether oxygens (including phenoxy) is 2. The largest absolute Gasteiger partial charge is 0.497 e. The van der Waals surface area contributed by atoms with Gasteiger partial charge in [0.2, 0.25) is 0 Å². The molecule has 1 aromatic carbocycles. The number of benzene rings is 1. The van der Waals surface area contributed by atoms with Crippen LogP contribution in [0.2, 0.25) is 0 Å². The zero-order valence-electron chi connectivity index (χ0n) is 11.5. The van der Waals surface area contributed by atoms with Gasteiger partial charge >= 0.3 is 0 Å². The second-order valence-corrected chi connectivity index (χ2v) is 3.65. The maximum Gasteiger partial charge on any atom is 0.132 e. The summed E-state index contributed by atoms with van der Waals surface area (Å²) in [6.45, 7) is 3.83. The maximum absolute atomic E-state index is 5.39. The maximum atomic E-state index is 5.39. The monoisotopic (exact) mass is 249 g/mol. The van der Waals surface area contributed by atoms with E-state index >= 15 is 0 Å². The lowest BCUT2D eigenvalue weighted by Crippen LogP contribution is -2.03. The van der Waals surface area contributed by atoms with Crippen LogP contribution < -0.4 is 9.47 Å². The van der Waals surface area contributed by atoms with Crippen molar-refractivity contribution in [2.24, 2.45) is 5.16 Å². The molecule has 0 amide bonds. The molecule has 98 valence electrons. The van der Waals surface area contributed by atoms with Gasteiger partial charge < -0.3 is 14.3 Å². The second-order valence-electron chi connectivity index (χ2n) is 3.65. The van der Waals surface area contributed by atoms with E-state index in [9.17, 15) is 0 Å². The summed E-state index contributed by atoms with van der Waals surface area (Å²) in [5.74, 6) is 1.45. The molecule has 0 aliphatic heterocycles. The fraction of sp³-hybridized carbons (Fsp3) is 0.357. The standard InChI is InChI=1S/C14H19NO3/c1-6-7-11-8-12(16-3)9-13(17-4)14(11)10(2)15-18-5/h6-9H,1-5H3/b7-6?,15-10+. The molecule has 0 radical (unpaired) electrons. The molecule has 0 heterocycles. The van der Waals surface area contributed by atoms with Gasteiger partial charge in [-0.25, -0.2) is 0 Å². The Hall–Kier alpha value is -1.97. The van der Waals surface area contributed by atoms with E-state index in [0.29, 0.717) is 5.75 Å². The number of oxime groups is 1. The quantitative estimate of drug-likeness (QED) is 0.594. The van der Waals surface area contributed by atoms with E-state index in [0.717, 1.165) is 22.6 Å². The first-order valence-corrected chi connectivity index (χ1v) is 5.64. The third-order valence-corrected chi connectivity index (χ3v) is 2.50. The minimum absolute atomic E-state index is 0.709. The summed E-state index contributed by atoms with van der Waals surface area (Å²) >= 11 is 0. The number of methoxy groups -OCH3 is 2. The molecule has 18 heavy (non-hydrogen) atoms. The lowest BCUT2D eigenvalue weighted by molar-refractivity contribution is 0.213. The Kier molecular flexibility index (Phi) is 5.24. The van der Waals surface area contributed by atoms with E-state index in [1.807, 2.05) is 38.1 Å². The summed E-state index contributed by atoms with van der Waals surface area (Å²) in [6, 6.07) is 3.77. The highest BCUT2D eigenvalue weighted by atomic mass is 16.6. The molecule has 0 aliphatic rings. The minimum atomic E-state index is 0.709. The number of hydrogen-bond acceptors (Lipinski definition) is 4. The van der Waals surface area contributed by atoms with Crippen LogP contribution in [0.3, 0.4) is 0 Å². The summed E-state index contributed by atoms with van der Waals surface area (Å²) in [7, 11) is 4.77. The van der Waals surface area contributed by atoms with Gasteiger partial charge in [-0.1, -0.05) is 17.3 Å². The third-order valence-electron chi connectivity index (χ3n) is 2.50. The van der Waals surface area contributed by atoms with E-state index in [4.69, 9.17) is 14.3 Å². The Bertz CT molecular complexity index is 464. The second kappa shape index (κ2) is 6.69. The smallest absolute Gasteiger partial charge is 0.132 e.